The van der Waals surface area contributed by atoms with Gasteiger partial charge < -0.3 is 10.0 Å². The van der Waals surface area contributed by atoms with Crippen molar-refractivity contribution in [2.45, 2.75) is 53.4 Å². The van der Waals surface area contributed by atoms with Crippen molar-refractivity contribution in [3.05, 3.63) is 0 Å². The van der Waals surface area contributed by atoms with E-state index in [4.69, 9.17) is 0 Å². The first kappa shape index (κ1) is 16.9. The van der Waals surface area contributed by atoms with Crippen LogP contribution >= 0.6 is 0 Å². The zero-order valence-corrected chi connectivity index (χ0v) is 12.3. The van der Waals surface area contributed by atoms with Crippen LogP contribution < -0.4 is 0 Å². The lowest BCUT2D eigenvalue weighted by atomic mass is 9.76. The van der Waals surface area contributed by atoms with Crippen LogP contribution in [0.25, 0.3) is 0 Å². The highest BCUT2D eigenvalue weighted by molar-refractivity contribution is 5.84. The van der Waals surface area contributed by atoms with Gasteiger partial charge in [0.1, 0.15) is 0 Å². The quantitative estimate of drug-likeness (QED) is 0.680. The monoisotopic (exact) mass is 257 g/mol. The van der Waals surface area contributed by atoms with Crippen molar-refractivity contribution in [2.24, 2.45) is 11.3 Å². The maximum atomic E-state index is 12.0. The van der Waals surface area contributed by atoms with Gasteiger partial charge in [-0.15, -0.1) is 0 Å². The molecule has 1 N–H and O–H groups in total. The SMILES string of the molecule is CCCCCN(C)C(=O)CC(C)(C(=O)O)C(C)C. The van der Waals surface area contributed by atoms with Gasteiger partial charge in [0.25, 0.3) is 0 Å². The fourth-order valence-electron chi connectivity index (χ4n) is 1.70. The fourth-order valence-corrected chi connectivity index (χ4v) is 1.70. The summed E-state index contributed by atoms with van der Waals surface area (Å²) in [5, 5.41) is 9.28. The van der Waals surface area contributed by atoms with Gasteiger partial charge in [0.05, 0.1) is 5.41 Å². The molecule has 0 aromatic rings. The molecule has 0 aromatic heterocycles. The van der Waals surface area contributed by atoms with Gasteiger partial charge in [0.2, 0.25) is 5.91 Å². The second-order valence-electron chi connectivity index (χ2n) is 5.58. The zero-order valence-electron chi connectivity index (χ0n) is 12.3. The van der Waals surface area contributed by atoms with E-state index in [9.17, 15) is 14.7 Å². The molecule has 0 aliphatic carbocycles. The summed E-state index contributed by atoms with van der Waals surface area (Å²) in [4.78, 5) is 25.0. The molecule has 0 bridgehead atoms. The molecule has 0 heterocycles. The number of carbonyl (C=O) groups is 2. The highest BCUT2D eigenvalue weighted by Gasteiger charge is 2.39. The third-order valence-electron chi connectivity index (χ3n) is 3.80. The minimum absolute atomic E-state index is 0.0667. The van der Waals surface area contributed by atoms with Gasteiger partial charge >= 0.3 is 5.97 Å². The first-order chi connectivity index (χ1) is 8.25. The van der Waals surface area contributed by atoms with Crippen molar-refractivity contribution in [1.82, 2.24) is 4.90 Å². The van der Waals surface area contributed by atoms with Crippen molar-refractivity contribution in [1.29, 1.82) is 0 Å². The number of amides is 1. The summed E-state index contributed by atoms with van der Waals surface area (Å²) in [5.41, 5.74) is -0.976. The highest BCUT2D eigenvalue weighted by Crippen LogP contribution is 2.31. The van der Waals surface area contributed by atoms with E-state index in [0.717, 1.165) is 19.3 Å². The Balaban J connectivity index is 4.47. The number of carboxylic acids is 1. The maximum Gasteiger partial charge on any atom is 0.310 e. The molecular formula is C14H27NO3. The molecule has 0 saturated carbocycles. The Morgan fingerprint density at radius 3 is 2.22 bits per heavy atom. The van der Waals surface area contributed by atoms with Gasteiger partial charge in [-0.3, -0.25) is 9.59 Å². The van der Waals surface area contributed by atoms with Crippen molar-refractivity contribution < 1.29 is 14.7 Å². The zero-order chi connectivity index (χ0) is 14.3. The molecule has 1 amide bonds. The molecule has 0 fully saturated rings. The van der Waals surface area contributed by atoms with Gasteiger partial charge in [0, 0.05) is 20.0 Å². The van der Waals surface area contributed by atoms with E-state index in [1.165, 1.54) is 0 Å². The summed E-state index contributed by atoms with van der Waals surface area (Å²) in [6, 6.07) is 0. The van der Waals surface area contributed by atoms with Crippen molar-refractivity contribution in [2.75, 3.05) is 13.6 Å². The van der Waals surface area contributed by atoms with Crippen LogP contribution in [0.3, 0.4) is 0 Å². The molecule has 0 radical (unpaired) electrons. The number of carboxylic acid groups (broad SMARTS) is 1. The van der Waals surface area contributed by atoms with Crippen molar-refractivity contribution >= 4 is 11.9 Å². The largest absolute Gasteiger partial charge is 0.481 e. The average Bonchev–Trinajstić information content (AvgIpc) is 2.28. The van der Waals surface area contributed by atoms with E-state index < -0.39 is 11.4 Å². The van der Waals surface area contributed by atoms with Crippen LogP contribution in [0.4, 0.5) is 0 Å². The molecule has 0 spiro atoms. The molecule has 106 valence electrons. The lowest BCUT2D eigenvalue weighted by Crippen LogP contribution is -2.40. The summed E-state index contributed by atoms with van der Waals surface area (Å²) in [6.07, 6.45) is 3.26. The highest BCUT2D eigenvalue weighted by atomic mass is 16.4. The summed E-state index contributed by atoms with van der Waals surface area (Å²) in [6.45, 7) is 8.16. The maximum absolute atomic E-state index is 12.0. The molecule has 18 heavy (non-hydrogen) atoms. The van der Waals surface area contributed by atoms with Gasteiger partial charge in [0.15, 0.2) is 0 Å². The van der Waals surface area contributed by atoms with E-state index in [1.54, 1.807) is 18.9 Å². The third kappa shape index (κ3) is 4.67. The van der Waals surface area contributed by atoms with Crippen molar-refractivity contribution in [3.8, 4) is 0 Å². The number of rotatable bonds is 8. The van der Waals surface area contributed by atoms with Gasteiger partial charge in [-0.1, -0.05) is 33.6 Å². The van der Waals surface area contributed by atoms with E-state index >= 15 is 0 Å². The predicted molar refractivity (Wildman–Crippen MR) is 72.4 cm³/mol. The Hall–Kier alpha value is -1.06. The van der Waals surface area contributed by atoms with Gasteiger partial charge in [-0.2, -0.15) is 0 Å². The van der Waals surface area contributed by atoms with E-state index in [2.05, 4.69) is 6.92 Å². The van der Waals surface area contributed by atoms with Crippen LogP contribution in [-0.2, 0) is 9.59 Å². The lowest BCUT2D eigenvalue weighted by Gasteiger charge is -2.30. The van der Waals surface area contributed by atoms with Gasteiger partial charge in [-0.05, 0) is 19.3 Å². The number of carbonyl (C=O) groups excluding carboxylic acids is 1. The standard InChI is InChI=1S/C14H27NO3/c1-6-7-8-9-15(5)12(16)10-14(4,11(2)3)13(17)18/h11H,6-10H2,1-5H3,(H,17,18). The molecule has 0 rings (SSSR count). The average molecular weight is 257 g/mol. The summed E-state index contributed by atoms with van der Waals surface area (Å²) in [7, 11) is 1.75. The number of hydrogen-bond donors (Lipinski definition) is 1. The number of hydrogen-bond acceptors (Lipinski definition) is 2. The third-order valence-corrected chi connectivity index (χ3v) is 3.80. The van der Waals surface area contributed by atoms with Crippen LogP contribution in [0.15, 0.2) is 0 Å². The molecule has 4 heteroatoms. The molecule has 0 aliphatic rings. The summed E-state index contributed by atoms with van der Waals surface area (Å²) >= 11 is 0. The van der Waals surface area contributed by atoms with Crippen LogP contribution in [0, 0.1) is 11.3 Å². The fraction of sp³-hybridized carbons (Fsp3) is 0.857. The van der Waals surface area contributed by atoms with Crippen LogP contribution in [0.5, 0.6) is 0 Å². The van der Waals surface area contributed by atoms with E-state index in [1.807, 2.05) is 13.8 Å². The second-order valence-corrected chi connectivity index (χ2v) is 5.58. The smallest absolute Gasteiger partial charge is 0.310 e. The normalized spacial score (nSPS) is 14.3. The topological polar surface area (TPSA) is 57.6 Å². The van der Waals surface area contributed by atoms with Crippen molar-refractivity contribution in [3.63, 3.8) is 0 Å². The van der Waals surface area contributed by atoms with E-state index in [-0.39, 0.29) is 18.2 Å². The molecular weight excluding hydrogens is 230 g/mol. The number of nitrogens with zero attached hydrogens (tertiary/aromatic N) is 1. The number of aliphatic carboxylic acids is 1. The molecule has 1 atom stereocenters. The first-order valence-electron chi connectivity index (χ1n) is 6.73. The Bertz CT molecular complexity index is 289. The van der Waals surface area contributed by atoms with Crippen LogP contribution in [0.2, 0.25) is 0 Å². The molecule has 0 saturated heterocycles. The lowest BCUT2D eigenvalue weighted by molar-refractivity contribution is -0.155. The number of unbranched alkanes of at least 4 members (excludes halogenated alkanes) is 2. The summed E-state index contributed by atoms with van der Waals surface area (Å²) in [5.74, 6) is -1.04. The molecule has 4 nitrogen and oxygen atoms in total. The molecule has 1 unspecified atom stereocenters. The Labute approximate surface area is 110 Å². The second kappa shape index (κ2) is 7.39. The van der Waals surface area contributed by atoms with Crippen LogP contribution in [0.1, 0.15) is 53.4 Å². The van der Waals surface area contributed by atoms with Crippen LogP contribution in [-0.4, -0.2) is 35.5 Å². The minimum Gasteiger partial charge on any atom is -0.481 e. The Morgan fingerprint density at radius 2 is 1.83 bits per heavy atom. The summed E-state index contributed by atoms with van der Waals surface area (Å²) < 4.78 is 0. The predicted octanol–water partition coefficient (Wildman–Crippen LogP) is 2.77. The molecule has 0 aromatic carbocycles. The molecule has 0 aliphatic heterocycles. The Kier molecular flexibility index (Phi) is 6.96. The Morgan fingerprint density at radius 1 is 1.28 bits per heavy atom. The minimum atomic E-state index is -0.976. The van der Waals surface area contributed by atoms with Gasteiger partial charge in [-0.25, -0.2) is 0 Å². The first-order valence-corrected chi connectivity index (χ1v) is 6.73. The van der Waals surface area contributed by atoms with E-state index in [0.29, 0.717) is 6.54 Å².